The first-order valence-electron chi connectivity index (χ1n) is 7.33. The lowest BCUT2D eigenvalue weighted by Crippen LogP contribution is -2.30. The molecule has 2 aromatic rings. The summed E-state index contributed by atoms with van der Waals surface area (Å²) in [5.74, 6) is 0. The Morgan fingerprint density at radius 1 is 1.24 bits per heavy atom. The van der Waals surface area contributed by atoms with Crippen LogP contribution < -0.4 is 10.9 Å². The number of benzene rings is 1. The minimum atomic E-state index is 0.0699. The summed E-state index contributed by atoms with van der Waals surface area (Å²) in [4.78, 5) is 12.3. The quantitative estimate of drug-likeness (QED) is 0.945. The topological polar surface area (TPSA) is 34.0 Å². The van der Waals surface area contributed by atoms with Crippen molar-refractivity contribution in [1.82, 2.24) is 9.88 Å². The van der Waals surface area contributed by atoms with Crippen molar-refractivity contribution >= 4 is 11.6 Å². The third kappa shape index (κ3) is 2.89. The van der Waals surface area contributed by atoms with E-state index in [0.717, 1.165) is 29.8 Å². The van der Waals surface area contributed by atoms with Gasteiger partial charge < -0.3 is 9.88 Å². The van der Waals surface area contributed by atoms with Crippen molar-refractivity contribution in [2.75, 3.05) is 7.05 Å². The number of hydrogen-bond donors (Lipinski definition) is 1. The highest BCUT2D eigenvalue weighted by Crippen LogP contribution is 2.28. The fourth-order valence-corrected chi connectivity index (χ4v) is 3.23. The minimum Gasteiger partial charge on any atom is -0.313 e. The van der Waals surface area contributed by atoms with Gasteiger partial charge in [0, 0.05) is 22.8 Å². The SMILES string of the molecule is CNC1CCCc2c1ccc(=O)n2Cc1ccc(Cl)cc1. The summed E-state index contributed by atoms with van der Waals surface area (Å²) in [6.45, 7) is 0.607. The summed E-state index contributed by atoms with van der Waals surface area (Å²) >= 11 is 5.92. The van der Waals surface area contributed by atoms with E-state index in [-0.39, 0.29) is 5.56 Å². The van der Waals surface area contributed by atoms with Crippen LogP contribution in [-0.2, 0) is 13.0 Å². The van der Waals surface area contributed by atoms with Gasteiger partial charge in [-0.15, -0.1) is 0 Å². The van der Waals surface area contributed by atoms with Crippen molar-refractivity contribution in [3.63, 3.8) is 0 Å². The van der Waals surface area contributed by atoms with E-state index in [9.17, 15) is 4.79 Å². The van der Waals surface area contributed by atoms with Crippen molar-refractivity contribution in [3.05, 3.63) is 68.6 Å². The summed E-state index contributed by atoms with van der Waals surface area (Å²) in [5.41, 5.74) is 3.60. The van der Waals surface area contributed by atoms with E-state index in [1.165, 1.54) is 11.3 Å². The number of fused-ring (bicyclic) bond motifs is 1. The van der Waals surface area contributed by atoms with Gasteiger partial charge in [0.05, 0.1) is 6.54 Å². The summed E-state index contributed by atoms with van der Waals surface area (Å²) in [7, 11) is 1.98. The zero-order chi connectivity index (χ0) is 14.8. The van der Waals surface area contributed by atoms with Crippen LogP contribution in [-0.4, -0.2) is 11.6 Å². The molecule has 0 spiro atoms. The van der Waals surface area contributed by atoms with Crippen LogP contribution in [0.3, 0.4) is 0 Å². The normalized spacial score (nSPS) is 17.5. The molecule has 0 radical (unpaired) electrons. The van der Waals surface area contributed by atoms with E-state index in [1.54, 1.807) is 6.07 Å². The third-order valence-electron chi connectivity index (χ3n) is 4.21. The monoisotopic (exact) mass is 302 g/mol. The predicted molar refractivity (Wildman–Crippen MR) is 86.0 cm³/mol. The lowest BCUT2D eigenvalue weighted by atomic mass is 9.91. The maximum absolute atomic E-state index is 12.3. The molecule has 1 N–H and O–H groups in total. The Morgan fingerprint density at radius 3 is 2.71 bits per heavy atom. The van der Waals surface area contributed by atoms with Gasteiger partial charge in [-0.25, -0.2) is 0 Å². The first-order valence-corrected chi connectivity index (χ1v) is 7.71. The molecule has 0 fully saturated rings. The smallest absolute Gasteiger partial charge is 0.251 e. The molecule has 0 amide bonds. The largest absolute Gasteiger partial charge is 0.313 e. The van der Waals surface area contributed by atoms with Gasteiger partial charge in [0.1, 0.15) is 0 Å². The van der Waals surface area contributed by atoms with E-state index >= 15 is 0 Å². The number of pyridine rings is 1. The lowest BCUT2D eigenvalue weighted by Gasteiger charge is -2.27. The third-order valence-corrected chi connectivity index (χ3v) is 4.47. The summed E-state index contributed by atoms with van der Waals surface area (Å²) in [6, 6.07) is 11.7. The zero-order valence-corrected chi connectivity index (χ0v) is 12.9. The van der Waals surface area contributed by atoms with E-state index in [2.05, 4.69) is 5.32 Å². The summed E-state index contributed by atoms with van der Waals surface area (Å²) in [5, 5.41) is 4.06. The molecule has 1 aromatic carbocycles. The van der Waals surface area contributed by atoms with Crippen molar-refractivity contribution in [2.45, 2.75) is 31.8 Å². The Bertz CT molecular complexity index is 691. The number of nitrogens with one attached hydrogen (secondary N) is 1. The maximum atomic E-state index is 12.3. The molecule has 1 heterocycles. The van der Waals surface area contributed by atoms with Gasteiger partial charge in [0.2, 0.25) is 0 Å². The van der Waals surface area contributed by atoms with Crippen LogP contribution in [0.2, 0.25) is 5.02 Å². The van der Waals surface area contributed by atoms with Gasteiger partial charge in [-0.05, 0) is 49.6 Å². The van der Waals surface area contributed by atoms with Crippen molar-refractivity contribution < 1.29 is 0 Å². The van der Waals surface area contributed by atoms with Gasteiger partial charge in [0.15, 0.2) is 0 Å². The Hall–Kier alpha value is -1.58. The molecule has 3 nitrogen and oxygen atoms in total. The molecule has 110 valence electrons. The summed E-state index contributed by atoms with van der Waals surface area (Å²) in [6.07, 6.45) is 3.21. The highest BCUT2D eigenvalue weighted by Gasteiger charge is 2.21. The highest BCUT2D eigenvalue weighted by molar-refractivity contribution is 6.30. The number of nitrogens with zero attached hydrogens (tertiary/aromatic N) is 1. The molecule has 0 saturated heterocycles. The standard InChI is InChI=1S/C17H19ClN2O/c1-19-15-3-2-4-16-14(15)9-10-17(21)20(16)11-12-5-7-13(18)8-6-12/h5-10,15,19H,2-4,11H2,1H3. The van der Waals surface area contributed by atoms with E-state index in [1.807, 2.05) is 41.9 Å². The van der Waals surface area contributed by atoms with Crippen LogP contribution in [0.15, 0.2) is 41.2 Å². The number of hydrogen-bond acceptors (Lipinski definition) is 2. The first-order chi connectivity index (χ1) is 10.2. The molecule has 1 aliphatic carbocycles. The second-order valence-corrected chi connectivity index (χ2v) is 5.96. The lowest BCUT2D eigenvalue weighted by molar-refractivity contribution is 0.473. The highest BCUT2D eigenvalue weighted by atomic mass is 35.5. The van der Waals surface area contributed by atoms with Crippen LogP contribution in [0.1, 0.15) is 35.7 Å². The Balaban J connectivity index is 2.02. The van der Waals surface area contributed by atoms with Crippen LogP contribution in [0, 0.1) is 0 Å². The van der Waals surface area contributed by atoms with Crippen LogP contribution in [0.25, 0.3) is 0 Å². The Morgan fingerprint density at radius 2 is 2.00 bits per heavy atom. The van der Waals surface area contributed by atoms with Gasteiger partial charge in [0.25, 0.3) is 5.56 Å². The number of halogens is 1. The van der Waals surface area contributed by atoms with Gasteiger partial charge in [-0.1, -0.05) is 29.8 Å². The fourth-order valence-electron chi connectivity index (χ4n) is 3.11. The minimum absolute atomic E-state index is 0.0699. The van der Waals surface area contributed by atoms with Crippen LogP contribution in [0.4, 0.5) is 0 Å². The van der Waals surface area contributed by atoms with E-state index in [0.29, 0.717) is 12.6 Å². The second kappa shape index (κ2) is 6.04. The summed E-state index contributed by atoms with van der Waals surface area (Å²) < 4.78 is 1.90. The number of aromatic nitrogens is 1. The van der Waals surface area contributed by atoms with Gasteiger partial charge in [-0.3, -0.25) is 4.79 Å². The van der Waals surface area contributed by atoms with Crippen molar-refractivity contribution in [2.24, 2.45) is 0 Å². The van der Waals surface area contributed by atoms with Gasteiger partial charge in [-0.2, -0.15) is 0 Å². The molecular formula is C17H19ClN2O. The van der Waals surface area contributed by atoms with Crippen LogP contribution >= 0.6 is 11.6 Å². The molecule has 0 aliphatic heterocycles. The average molecular weight is 303 g/mol. The molecular weight excluding hydrogens is 284 g/mol. The van der Waals surface area contributed by atoms with Crippen LogP contribution in [0.5, 0.6) is 0 Å². The Labute approximate surface area is 129 Å². The number of rotatable bonds is 3. The Kier molecular flexibility index (Phi) is 4.13. The van der Waals surface area contributed by atoms with E-state index < -0.39 is 0 Å². The van der Waals surface area contributed by atoms with Crippen molar-refractivity contribution in [1.29, 1.82) is 0 Å². The molecule has 0 saturated carbocycles. The molecule has 1 aromatic heterocycles. The average Bonchev–Trinajstić information content (AvgIpc) is 2.51. The molecule has 4 heteroatoms. The molecule has 0 bridgehead atoms. The second-order valence-electron chi connectivity index (χ2n) is 5.52. The van der Waals surface area contributed by atoms with Crippen molar-refractivity contribution in [3.8, 4) is 0 Å². The van der Waals surface area contributed by atoms with Gasteiger partial charge >= 0.3 is 0 Å². The zero-order valence-electron chi connectivity index (χ0n) is 12.1. The maximum Gasteiger partial charge on any atom is 0.251 e. The van der Waals surface area contributed by atoms with E-state index in [4.69, 9.17) is 11.6 Å². The predicted octanol–water partition coefficient (Wildman–Crippen LogP) is 3.15. The molecule has 3 rings (SSSR count). The first kappa shape index (κ1) is 14.4. The fraction of sp³-hybridized carbons (Fsp3) is 0.353. The molecule has 1 atom stereocenters. The molecule has 1 aliphatic rings. The molecule has 21 heavy (non-hydrogen) atoms. The molecule has 1 unspecified atom stereocenters.